The Morgan fingerprint density at radius 1 is 0.218 bits per heavy atom. The van der Waals surface area contributed by atoms with Gasteiger partial charge < -0.3 is 179 Å². The number of ether oxygens (including phenoxy) is 13. The molecule has 78 heavy (non-hydrogen) atoms. The Hall–Kier alpha value is -1.44. The van der Waals surface area contributed by atoms with Gasteiger partial charge in [0.25, 0.3) is 0 Å². The molecule has 456 valence electrons. The molecule has 0 aromatic carbocycles. The molecule has 0 radical (unpaired) electrons. The van der Waals surface area contributed by atoms with Gasteiger partial charge in [-0.05, 0) is 0 Å². The Kier molecular flexibility index (Phi) is 22.6. The van der Waals surface area contributed by atoms with E-state index in [1.54, 1.807) is 0 Å². The van der Waals surface area contributed by atoms with E-state index >= 15 is 0 Å². The minimum atomic E-state index is -2.22. The van der Waals surface area contributed by atoms with Gasteiger partial charge in [0.05, 0.1) is 46.2 Å². The minimum Gasteiger partial charge on any atom is -0.394 e. The van der Waals surface area contributed by atoms with Crippen molar-refractivity contribution in [3.05, 3.63) is 0 Å². The van der Waals surface area contributed by atoms with Crippen molar-refractivity contribution in [1.29, 1.82) is 0 Å². The lowest BCUT2D eigenvalue weighted by Gasteiger charge is -2.49. The Bertz CT molecular complexity index is 1810. The molecule has 36 nitrogen and oxygen atoms in total. The molecule has 0 amide bonds. The van der Waals surface area contributed by atoms with Gasteiger partial charge >= 0.3 is 0 Å². The smallest absolute Gasteiger partial charge is 0.187 e. The van der Waals surface area contributed by atoms with Crippen molar-refractivity contribution < 1.29 is 179 Å². The summed E-state index contributed by atoms with van der Waals surface area (Å²) in [7, 11) is 0. The maximum Gasteiger partial charge on any atom is 0.187 e. The molecular formula is C42H72O36. The van der Waals surface area contributed by atoms with E-state index in [2.05, 4.69) is 0 Å². The largest absolute Gasteiger partial charge is 0.394 e. The average molecular weight is 1150 g/mol. The van der Waals surface area contributed by atoms with Crippen molar-refractivity contribution >= 4 is 0 Å². The van der Waals surface area contributed by atoms with Crippen LogP contribution in [0, 0.1) is 0 Å². The van der Waals surface area contributed by atoms with Crippen LogP contribution >= 0.6 is 0 Å². The molecule has 0 aromatic heterocycles. The predicted octanol–water partition coefficient (Wildman–Crippen LogP) is -16.3. The number of aliphatic hydroxyl groups excluding tert-OH is 23. The lowest BCUT2D eigenvalue weighted by molar-refractivity contribution is -0.392. The maximum absolute atomic E-state index is 11.4. The Labute approximate surface area is 439 Å². The zero-order chi connectivity index (χ0) is 57.3. The quantitative estimate of drug-likeness (QED) is 0.0571. The third-order valence-electron chi connectivity index (χ3n) is 14.5. The summed E-state index contributed by atoms with van der Waals surface area (Å²) in [6.45, 7) is -6.78. The molecule has 0 spiro atoms. The van der Waals surface area contributed by atoms with E-state index in [0.717, 1.165) is 0 Å². The molecular weight excluding hydrogens is 1080 g/mol. The van der Waals surface area contributed by atoms with Gasteiger partial charge in [0.1, 0.15) is 171 Å². The van der Waals surface area contributed by atoms with E-state index in [-0.39, 0.29) is 0 Å². The van der Waals surface area contributed by atoms with Crippen LogP contribution in [-0.2, 0) is 61.6 Å². The first-order valence-corrected chi connectivity index (χ1v) is 24.7. The summed E-state index contributed by atoms with van der Waals surface area (Å²) >= 11 is 0. The van der Waals surface area contributed by atoms with Gasteiger partial charge in [-0.25, -0.2) is 0 Å². The Balaban J connectivity index is 1.01. The molecule has 0 bridgehead atoms. The van der Waals surface area contributed by atoms with Gasteiger partial charge in [-0.15, -0.1) is 0 Å². The molecule has 7 aliphatic heterocycles. The summed E-state index contributed by atoms with van der Waals surface area (Å²) in [5, 5.41) is 243. The molecule has 7 fully saturated rings. The number of hydrogen-bond acceptors (Lipinski definition) is 36. The minimum absolute atomic E-state index is 0.847. The van der Waals surface area contributed by atoms with Gasteiger partial charge in [0.2, 0.25) is 0 Å². The summed E-state index contributed by atoms with van der Waals surface area (Å²) in [6.07, 6.45) is -67.9. The predicted molar refractivity (Wildman–Crippen MR) is 232 cm³/mol. The van der Waals surface area contributed by atoms with Gasteiger partial charge in [0.15, 0.2) is 44.0 Å². The van der Waals surface area contributed by atoms with E-state index in [1.807, 2.05) is 0 Å². The van der Waals surface area contributed by atoms with Crippen LogP contribution in [0.2, 0.25) is 0 Å². The molecule has 23 N–H and O–H groups in total. The van der Waals surface area contributed by atoms with Crippen molar-refractivity contribution in [2.24, 2.45) is 0 Å². The molecule has 36 heteroatoms. The first kappa shape index (κ1) is 64.1. The highest BCUT2D eigenvalue weighted by Crippen LogP contribution is 2.37. The van der Waals surface area contributed by atoms with Crippen LogP contribution in [0.25, 0.3) is 0 Å². The molecule has 7 rings (SSSR count). The van der Waals surface area contributed by atoms with Crippen LogP contribution in [0.1, 0.15) is 0 Å². The van der Waals surface area contributed by atoms with Crippen LogP contribution in [-0.4, -0.2) is 379 Å². The first-order chi connectivity index (χ1) is 37.0. The van der Waals surface area contributed by atoms with Crippen LogP contribution in [0.3, 0.4) is 0 Å². The molecule has 0 aromatic rings. The average Bonchev–Trinajstić information content (AvgIpc) is 3.45. The SMILES string of the molecule is OC[C@H]1O[C@H](O[C@H]2[C@H](O)[C@@H](O)[C@@H](O[C@H]3[C@H](O)[C@@H](O)[C@@H](O[C@H]4[C@H](O)[C@@H](O)[C@@H](OC[C@H]5O[C@H](O[C@H]6[C@H](O)[C@@H](O)C(O)O[C@@H]6CO)[C@H](O)[C@@H](O)[C@@H]5O[C@H]5O[C@H](CO)[C@@H](O)[C@H](O)[C@H]5O)O[C@@H]4CO)O[C@@H]3CO)O[C@@H]2CO)[C@H](O)[C@@H](O)[C@@H]1O. The zero-order valence-corrected chi connectivity index (χ0v) is 40.8. The highest BCUT2D eigenvalue weighted by molar-refractivity contribution is 5.00. The Morgan fingerprint density at radius 3 is 0.769 bits per heavy atom. The molecule has 35 atom stereocenters. The number of rotatable bonds is 19. The van der Waals surface area contributed by atoms with E-state index in [9.17, 15) is 117 Å². The summed E-state index contributed by atoms with van der Waals surface area (Å²) in [6, 6.07) is 0. The van der Waals surface area contributed by atoms with Crippen LogP contribution in [0.15, 0.2) is 0 Å². The van der Waals surface area contributed by atoms with Crippen molar-refractivity contribution in [3.8, 4) is 0 Å². The monoisotopic (exact) mass is 1150 g/mol. The van der Waals surface area contributed by atoms with Gasteiger partial charge in [-0.3, -0.25) is 0 Å². The molecule has 0 aliphatic carbocycles. The standard InChI is InChI=1S/C42H72O36/c43-1-8-15(49)17(51)25(59)38(68-8)75-33-12(5-47)71-41(28(62)21(33)55)77-34-13(6-48)72-40(29(63)22(34)56)76-32-11(4-46)70-37(27(61)20(32)54)66-7-14-35(78-39-26(60)18(52)16(50)9(2-44)69-39)23(57)30(64)42(73-14)74-31-10(3-45)67-36(65)24(58)19(31)53/h8-65H,1-7H2/t8-,9-,10-,11-,12-,13-,14-,15-,16-,17+,18+,19-,20-,21-,22-,23-,24-,25-,26-,27-,28-,29-,30-,31-,32-,33-,34-,35-,36?,37+,38-,39-,40-,41-,42-/m1/s1. The third-order valence-corrected chi connectivity index (χ3v) is 14.5. The summed E-state index contributed by atoms with van der Waals surface area (Å²) in [4.78, 5) is 0. The lowest BCUT2D eigenvalue weighted by atomic mass is 9.95. The molecule has 1 unspecified atom stereocenters. The van der Waals surface area contributed by atoms with E-state index in [4.69, 9.17) is 61.6 Å². The fourth-order valence-corrected chi connectivity index (χ4v) is 9.90. The van der Waals surface area contributed by atoms with E-state index in [1.165, 1.54) is 0 Å². The molecule has 7 saturated heterocycles. The molecule has 7 aliphatic rings. The second kappa shape index (κ2) is 27.5. The molecule has 7 heterocycles. The normalized spacial score (nSPS) is 53.5. The fraction of sp³-hybridized carbons (Fsp3) is 1.00. The van der Waals surface area contributed by atoms with Crippen LogP contribution < -0.4 is 0 Å². The lowest BCUT2D eigenvalue weighted by Crippen LogP contribution is -2.68. The van der Waals surface area contributed by atoms with E-state index in [0.29, 0.717) is 0 Å². The summed E-state index contributed by atoms with van der Waals surface area (Å²) < 4.78 is 72.4. The number of aliphatic hydroxyl groups is 23. The van der Waals surface area contributed by atoms with Gasteiger partial charge in [-0.1, -0.05) is 0 Å². The fourth-order valence-electron chi connectivity index (χ4n) is 9.90. The van der Waals surface area contributed by atoms with Gasteiger partial charge in [0, 0.05) is 0 Å². The number of hydrogen-bond donors (Lipinski definition) is 23. The van der Waals surface area contributed by atoms with E-state index < -0.39 is 261 Å². The van der Waals surface area contributed by atoms with Crippen molar-refractivity contribution in [1.82, 2.24) is 0 Å². The van der Waals surface area contributed by atoms with Crippen molar-refractivity contribution in [2.75, 3.05) is 46.2 Å². The third kappa shape index (κ3) is 13.1. The maximum atomic E-state index is 11.4. The molecule has 0 saturated carbocycles. The Morgan fingerprint density at radius 2 is 0.449 bits per heavy atom. The van der Waals surface area contributed by atoms with Crippen LogP contribution in [0.4, 0.5) is 0 Å². The second-order valence-electron chi connectivity index (χ2n) is 19.6. The first-order valence-electron chi connectivity index (χ1n) is 24.7. The highest BCUT2D eigenvalue weighted by atomic mass is 16.8. The van der Waals surface area contributed by atoms with Crippen molar-refractivity contribution in [2.45, 2.75) is 215 Å². The topological polar surface area (TPSA) is 585 Å². The van der Waals surface area contributed by atoms with Crippen molar-refractivity contribution in [3.63, 3.8) is 0 Å². The van der Waals surface area contributed by atoms with Crippen LogP contribution in [0.5, 0.6) is 0 Å². The summed E-state index contributed by atoms with van der Waals surface area (Å²) in [5.41, 5.74) is 0. The van der Waals surface area contributed by atoms with Gasteiger partial charge in [-0.2, -0.15) is 0 Å². The zero-order valence-electron chi connectivity index (χ0n) is 40.8. The highest BCUT2D eigenvalue weighted by Gasteiger charge is 2.58. The summed E-state index contributed by atoms with van der Waals surface area (Å²) in [5.74, 6) is 0. The second-order valence-corrected chi connectivity index (χ2v) is 19.6.